The van der Waals surface area contributed by atoms with E-state index in [2.05, 4.69) is 5.32 Å². The number of alkyl halides is 6. The van der Waals surface area contributed by atoms with Crippen molar-refractivity contribution in [2.75, 3.05) is 7.05 Å². The van der Waals surface area contributed by atoms with Crippen LogP contribution in [0, 0.1) is 11.2 Å². The summed E-state index contributed by atoms with van der Waals surface area (Å²) in [7, 11) is 1.64. The highest BCUT2D eigenvalue weighted by atomic mass is 32.1. The Labute approximate surface area is 302 Å². The third-order valence-electron chi connectivity index (χ3n) is 6.30. The number of likely N-dealkylation sites (N-methyl/N-ethyl adjacent to an activating group) is 1. The lowest BCUT2D eigenvalue weighted by Crippen LogP contribution is -2.51. The average molecular weight is 799 g/mol. The van der Waals surface area contributed by atoms with Gasteiger partial charge in [-0.2, -0.15) is 26.3 Å². The minimum Gasteiger partial charge on any atom is -0.481 e. The minimum atomic E-state index is -5.08. The molecule has 15 nitrogen and oxygen atoms in total. The Morgan fingerprint density at radius 2 is 1.43 bits per heavy atom. The molecule has 0 spiro atoms. The van der Waals surface area contributed by atoms with Crippen molar-refractivity contribution in [1.82, 2.24) is 10.2 Å². The molecule has 0 aliphatic carbocycles. The maximum absolute atomic E-state index is 14.3. The molecule has 0 fully saturated rings. The highest BCUT2D eigenvalue weighted by Gasteiger charge is 2.39. The van der Waals surface area contributed by atoms with Crippen molar-refractivity contribution in [3.05, 3.63) is 87.4 Å². The molecule has 0 aliphatic rings. The Hall–Kier alpha value is -6.10. The Morgan fingerprint density at radius 3 is 1.87 bits per heavy atom. The number of nitrogen functional groups attached to an aromatic ring is 1. The number of thiophene rings is 1. The number of carboxylic acids is 4. The first-order valence-electron chi connectivity index (χ1n) is 14.4. The van der Waals surface area contributed by atoms with Gasteiger partial charge in [0.1, 0.15) is 16.8 Å². The molecule has 1 amide bonds. The number of aliphatic carboxylic acids is 4. The summed E-state index contributed by atoms with van der Waals surface area (Å²) in [5.41, 5.74) is 6.28. The molecule has 2 aromatic carbocycles. The zero-order valence-electron chi connectivity index (χ0n) is 27.3. The van der Waals surface area contributed by atoms with Crippen LogP contribution in [0.25, 0.3) is 0 Å². The van der Waals surface area contributed by atoms with Gasteiger partial charge in [-0.05, 0) is 49.4 Å². The van der Waals surface area contributed by atoms with Crippen molar-refractivity contribution in [3.63, 3.8) is 0 Å². The Balaban J connectivity index is 0.000000879. The number of esters is 1. The van der Waals surface area contributed by atoms with Gasteiger partial charge >= 0.3 is 42.2 Å². The van der Waals surface area contributed by atoms with Crippen molar-refractivity contribution in [2.45, 2.75) is 43.8 Å². The molecule has 0 radical (unpaired) electrons. The molecule has 1 aromatic heterocycles. The summed E-state index contributed by atoms with van der Waals surface area (Å²) in [6, 6.07) is 13.2. The smallest absolute Gasteiger partial charge is 0.481 e. The third kappa shape index (κ3) is 16.1. The molecule has 23 heteroatoms. The number of halogens is 7. The van der Waals surface area contributed by atoms with Crippen LogP contribution >= 0.6 is 11.3 Å². The van der Waals surface area contributed by atoms with Crippen LogP contribution in [0.2, 0.25) is 0 Å². The SMILES string of the molecule is CN(Cc1ccc(C(=O)Oc2ccc(C(=N)N)cc2F)s1)[C@H](Cc1ccccc1)C(=O)N[C@H](CC(=O)O)C(=O)O.O=C(O)C(F)(F)F.O=C(O)C(F)(F)F. The maximum Gasteiger partial charge on any atom is 0.490 e. The van der Waals surface area contributed by atoms with Gasteiger partial charge in [0, 0.05) is 17.0 Å². The molecule has 294 valence electrons. The first-order valence-corrected chi connectivity index (χ1v) is 15.2. The van der Waals surface area contributed by atoms with Crippen LogP contribution in [-0.4, -0.2) is 98.4 Å². The molecule has 1 heterocycles. The van der Waals surface area contributed by atoms with Crippen LogP contribution in [0.4, 0.5) is 30.7 Å². The van der Waals surface area contributed by atoms with Gasteiger partial charge in [0.2, 0.25) is 5.91 Å². The van der Waals surface area contributed by atoms with Gasteiger partial charge in [0.25, 0.3) is 0 Å². The summed E-state index contributed by atoms with van der Waals surface area (Å²) in [6.45, 7) is 0.182. The number of nitrogens with zero attached hydrogens (tertiary/aromatic N) is 1. The third-order valence-corrected chi connectivity index (χ3v) is 7.35. The van der Waals surface area contributed by atoms with E-state index in [9.17, 15) is 55.0 Å². The van der Waals surface area contributed by atoms with Crippen LogP contribution in [0.15, 0.2) is 60.7 Å². The van der Waals surface area contributed by atoms with Gasteiger partial charge in [-0.1, -0.05) is 30.3 Å². The predicted molar refractivity (Wildman–Crippen MR) is 171 cm³/mol. The fraction of sp³-hybridized carbons (Fsp3) is 0.258. The monoisotopic (exact) mass is 798 g/mol. The second-order valence-corrected chi connectivity index (χ2v) is 11.6. The van der Waals surface area contributed by atoms with Crippen LogP contribution in [0.1, 0.15) is 32.1 Å². The van der Waals surface area contributed by atoms with Crippen molar-refractivity contribution >= 4 is 52.9 Å². The van der Waals surface area contributed by atoms with E-state index in [4.69, 9.17) is 40.8 Å². The lowest BCUT2D eigenvalue weighted by atomic mass is 10.0. The molecule has 3 aromatic rings. The lowest BCUT2D eigenvalue weighted by Gasteiger charge is -2.28. The molecule has 54 heavy (non-hydrogen) atoms. The van der Waals surface area contributed by atoms with E-state index in [1.807, 2.05) is 6.07 Å². The number of rotatable bonds is 13. The van der Waals surface area contributed by atoms with E-state index in [-0.39, 0.29) is 35.0 Å². The van der Waals surface area contributed by atoms with Gasteiger partial charge in [0.15, 0.2) is 11.6 Å². The highest BCUT2D eigenvalue weighted by molar-refractivity contribution is 7.13. The van der Waals surface area contributed by atoms with E-state index < -0.39 is 72.4 Å². The van der Waals surface area contributed by atoms with E-state index in [0.29, 0.717) is 4.88 Å². The van der Waals surface area contributed by atoms with Gasteiger partial charge in [0.05, 0.1) is 12.5 Å². The molecule has 0 bridgehead atoms. The normalized spacial score (nSPS) is 12.1. The minimum absolute atomic E-state index is 0.144. The van der Waals surface area contributed by atoms with Crippen LogP contribution in [-0.2, 0) is 36.9 Å². The number of ether oxygens (including phenoxy) is 1. The fourth-order valence-electron chi connectivity index (χ4n) is 3.76. The summed E-state index contributed by atoms with van der Waals surface area (Å²) in [5.74, 6) is -11.3. The molecular formula is C31H29F7N4O11S. The predicted octanol–water partition coefficient (Wildman–Crippen LogP) is 3.74. The number of carbonyl (C=O) groups is 6. The van der Waals surface area contributed by atoms with Crippen molar-refractivity contribution in [1.29, 1.82) is 5.41 Å². The topological polar surface area (TPSA) is 258 Å². The average Bonchev–Trinajstić information content (AvgIpc) is 3.52. The van der Waals surface area contributed by atoms with E-state index in [1.165, 1.54) is 18.2 Å². The van der Waals surface area contributed by atoms with Crippen LogP contribution in [0.3, 0.4) is 0 Å². The van der Waals surface area contributed by atoms with Gasteiger partial charge in [-0.3, -0.25) is 19.9 Å². The van der Waals surface area contributed by atoms with Crippen LogP contribution in [0.5, 0.6) is 5.75 Å². The maximum atomic E-state index is 14.3. The molecule has 0 unspecified atom stereocenters. The van der Waals surface area contributed by atoms with Crippen molar-refractivity contribution in [3.8, 4) is 5.75 Å². The fourth-order valence-corrected chi connectivity index (χ4v) is 4.71. The van der Waals surface area contributed by atoms with Gasteiger partial charge < -0.3 is 36.2 Å². The molecule has 2 atom stereocenters. The number of hydrogen-bond acceptors (Lipinski definition) is 10. The number of benzene rings is 2. The van der Waals surface area contributed by atoms with E-state index in [1.54, 1.807) is 42.3 Å². The molecular weight excluding hydrogens is 769 g/mol. The summed E-state index contributed by atoms with van der Waals surface area (Å²) in [5, 5.41) is 42.3. The van der Waals surface area contributed by atoms with E-state index >= 15 is 0 Å². The molecule has 0 saturated heterocycles. The number of carboxylic acid groups (broad SMARTS) is 4. The molecule has 0 saturated carbocycles. The zero-order chi connectivity index (χ0) is 41.6. The summed E-state index contributed by atoms with van der Waals surface area (Å²) < 4.78 is 82.9. The lowest BCUT2D eigenvalue weighted by molar-refractivity contribution is -0.193. The first-order chi connectivity index (χ1) is 24.8. The summed E-state index contributed by atoms with van der Waals surface area (Å²) in [6.07, 6.45) is -10.7. The number of hydrogen-bond donors (Lipinski definition) is 7. The largest absolute Gasteiger partial charge is 0.490 e. The number of amides is 1. The van der Waals surface area contributed by atoms with E-state index in [0.717, 1.165) is 23.0 Å². The second-order valence-electron chi connectivity index (χ2n) is 10.4. The quantitative estimate of drug-likeness (QED) is 0.0428. The second kappa shape index (κ2) is 20.2. The molecule has 0 aliphatic heterocycles. The Bertz CT molecular complexity index is 1800. The van der Waals surface area contributed by atoms with Crippen molar-refractivity contribution < 1.29 is 84.7 Å². The molecule has 3 rings (SSSR count). The highest BCUT2D eigenvalue weighted by Crippen LogP contribution is 2.24. The van der Waals surface area contributed by atoms with Gasteiger partial charge in [-0.15, -0.1) is 11.3 Å². The summed E-state index contributed by atoms with van der Waals surface area (Å²) >= 11 is 1.07. The van der Waals surface area contributed by atoms with Crippen LogP contribution < -0.4 is 15.8 Å². The number of nitrogens with one attached hydrogen (secondary N) is 2. The number of nitrogens with two attached hydrogens (primary N) is 1. The number of amidine groups is 1. The molecule has 8 N–H and O–H groups in total. The number of carbonyl (C=O) groups excluding carboxylic acids is 2. The Morgan fingerprint density at radius 1 is 0.889 bits per heavy atom. The van der Waals surface area contributed by atoms with Gasteiger partial charge in [-0.25, -0.2) is 23.6 Å². The van der Waals surface area contributed by atoms with Crippen molar-refractivity contribution in [2.24, 2.45) is 5.73 Å². The zero-order valence-corrected chi connectivity index (χ0v) is 28.1. The summed E-state index contributed by atoms with van der Waals surface area (Å²) in [4.78, 5) is 68.6. The standard InChI is InChI=1S/C27H27FN4O7S.2C2HF3O2/c1-32(20(11-15-5-3-2-4-6-15)25(35)31-19(26(36)37)13-23(33)34)14-17-8-10-22(40-17)27(38)39-21-9-7-16(24(29)30)12-18(21)28;2*3-2(4,5)1(6)7/h2-10,12,19-20H,11,13-14H2,1H3,(H3,29,30)(H,31,35)(H,33,34)(H,36,37);2*(H,6,7)/t19-,20-;;/m1../s1. The first kappa shape index (κ1) is 45.9. The Kier molecular flexibility index (Phi) is 17.2.